The van der Waals surface area contributed by atoms with Crippen molar-refractivity contribution in [3.05, 3.63) is 51.2 Å². The van der Waals surface area contributed by atoms with Crippen LogP contribution in [0.5, 0.6) is 5.75 Å². The Hall–Kier alpha value is -2.28. The molecular weight excluding hydrogens is 358 g/mol. The fourth-order valence-corrected chi connectivity index (χ4v) is 4.13. The zero-order chi connectivity index (χ0) is 18.7. The standard InChI is InChI=1S/C19H20F2N2O2S/c1-11-7-8-16-13(9-11)10-17(26-16)18(24)23-22-12(2)14-5-3-4-6-15(14)25-19(20)21/h3-6,10-11,19H,7-9H2,1-2H3,(H,23,24)/b22-12-/t11-/m1/s1. The number of carbonyl (C=O) groups is 1. The molecular formula is C19H20F2N2O2S. The molecule has 0 spiro atoms. The molecule has 4 nitrogen and oxygen atoms in total. The summed E-state index contributed by atoms with van der Waals surface area (Å²) in [4.78, 5) is 14.3. The van der Waals surface area contributed by atoms with Crippen LogP contribution in [0, 0.1) is 5.92 Å². The van der Waals surface area contributed by atoms with Crippen LogP contribution in [0.3, 0.4) is 0 Å². The molecule has 0 saturated carbocycles. The second-order valence-corrected chi connectivity index (χ2v) is 7.56. The van der Waals surface area contributed by atoms with Gasteiger partial charge in [0.05, 0.1) is 10.6 Å². The molecule has 1 aromatic carbocycles. The number of para-hydroxylation sites is 1. The molecule has 0 radical (unpaired) electrons. The third-order valence-electron chi connectivity index (χ3n) is 4.37. The monoisotopic (exact) mass is 378 g/mol. The fraction of sp³-hybridized carbons (Fsp3) is 0.368. The van der Waals surface area contributed by atoms with E-state index in [0.29, 0.717) is 22.1 Å². The highest BCUT2D eigenvalue weighted by atomic mass is 32.1. The molecule has 0 fully saturated rings. The maximum Gasteiger partial charge on any atom is 0.387 e. The molecule has 7 heteroatoms. The summed E-state index contributed by atoms with van der Waals surface area (Å²) in [6.45, 7) is 0.931. The van der Waals surface area contributed by atoms with Gasteiger partial charge in [0.2, 0.25) is 0 Å². The van der Waals surface area contributed by atoms with Crippen LogP contribution >= 0.6 is 11.3 Å². The summed E-state index contributed by atoms with van der Waals surface area (Å²) in [5.74, 6) is 0.377. The van der Waals surface area contributed by atoms with Crippen molar-refractivity contribution in [2.24, 2.45) is 11.0 Å². The van der Waals surface area contributed by atoms with E-state index < -0.39 is 6.61 Å². The number of nitrogens with one attached hydrogen (secondary N) is 1. The lowest BCUT2D eigenvalue weighted by Gasteiger charge is -2.16. The van der Waals surface area contributed by atoms with E-state index in [2.05, 4.69) is 22.2 Å². The van der Waals surface area contributed by atoms with Gasteiger partial charge in [0.25, 0.3) is 5.91 Å². The molecule has 0 bridgehead atoms. The molecule has 138 valence electrons. The quantitative estimate of drug-likeness (QED) is 0.609. The van der Waals surface area contributed by atoms with Gasteiger partial charge in [-0.2, -0.15) is 13.9 Å². The zero-order valence-corrected chi connectivity index (χ0v) is 15.4. The number of hydrogen-bond donors (Lipinski definition) is 1. The van der Waals surface area contributed by atoms with E-state index in [-0.39, 0.29) is 11.7 Å². The van der Waals surface area contributed by atoms with Crippen LogP contribution in [0.4, 0.5) is 8.78 Å². The fourth-order valence-electron chi connectivity index (χ4n) is 3.03. The minimum absolute atomic E-state index is 0.0265. The highest BCUT2D eigenvalue weighted by molar-refractivity contribution is 7.14. The normalized spacial score (nSPS) is 17.1. The Bertz CT molecular complexity index is 833. The first-order valence-corrected chi connectivity index (χ1v) is 9.26. The van der Waals surface area contributed by atoms with E-state index in [1.807, 2.05) is 6.07 Å². The van der Waals surface area contributed by atoms with Gasteiger partial charge in [-0.1, -0.05) is 19.1 Å². The Kier molecular flexibility index (Phi) is 5.66. The van der Waals surface area contributed by atoms with Crippen LogP contribution < -0.4 is 10.2 Å². The molecule has 1 heterocycles. The lowest BCUT2D eigenvalue weighted by Crippen LogP contribution is -2.18. The van der Waals surface area contributed by atoms with Crippen LogP contribution in [-0.4, -0.2) is 18.2 Å². The second kappa shape index (κ2) is 7.95. The Morgan fingerprint density at radius 3 is 2.92 bits per heavy atom. The van der Waals surface area contributed by atoms with Crippen molar-refractivity contribution in [3.63, 3.8) is 0 Å². The number of halogens is 2. The van der Waals surface area contributed by atoms with E-state index in [9.17, 15) is 13.6 Å². The first kappa shape index (κ1) is 18.5. The number of carbonyl (C=O) groups excluding carboxylic acids is 1. The summed E-state index contributed by atoms with van der Waals surface area (Å²) < 4.78 is 29.5. The van der Waals surface area contributed by atoms with Crippen LogP contribution in [0.1, 0.15) is 45.9 Å². The van der Waals surface area contributed by atoms with Crippen LogP contribution in [0.25, 0.3) is 0 Å². The van der Waals surface area contributed by atoms with Crippen molar-refractivity contribution < 1.29 is 18.3 Å². The summed E-state index contributed by atoms with van der Waals surface area (Å²) in [7, 11) is 0. The average Bonchev–Trinajstić information content (AvgIpc) is 3.02. The van der Waals surface area contributed by atoms with Gasteiger partial charge in [-0.3, -0.25) is 4.79 Å². The van der Waals surface area contributed by atoms with Gasteiger partial charge in [-0.15, -0.1) is 11.3 Å². The van der Waals surface area contributed by atoms with Crippen LogP contribution in [0.2, 0.25) is 0 Å². The molecule has 1 aliphatic carbocycles. The number of thiophene rings is 1. The Labute approximate surface area is 154 Å². The molecule has 0 unspecified atom stereocenters. The van der Waals surface area contributed by atoms with Crippen molar-refractivity contribution in [2.45, 2.75) is 39.7 Å². The third kappa shape index (κ3) is 4.27. The number of rotatable bonds is 5. The number of hydrogen-bond acceptors (Lipinski definition) is 4. The molecule has 3 rings (SSSR count). The van der Waals surface area contributed by atoms with E-state index in [0.717, 1.165) is 19.3 Å². The van der Waals surface area contributed by atoms with E-state index in [1.54, 1.807) is 25.1 Å². The lowest BCUT2D eigenvalue weighted by molar-refractivity contribution is -0.0499. The number of alkyl halides is 2. The maximum absolute atomic E-state index is 12.5. The van der Waals surface area contributed by atoms with E-state index >= 15 is 0 Å². The molecule has 26 heavy (non-hydrogen) atoms. The SMILES string of the molecule is C/C(=N/NC(=O)c1cc2c(s1)CC[C@@H](C)C2)c1ccccc1OC(F)F. The number of nitrogens with zero attached hydrogens (tertiary/aromatic N) is 1. The molecule has 1 aromatic heterocycles. The highest BCUT2D eigenvalue weighted by Crippen LogP contribution is 2.32. The summed E-state index contributed by atoms with van der Waals surface area (Å²) >= 11 is 1.50. The molecule has 1 amide bonds. The Morgan fingerprint density at radius 1 is 1.38 bits per heavy atom. The second-order valence-electron chi connectivity index (χ2n) is 6.42. The number of aryl methyl sites for hydroxylation is 1. The third-order valence-corrected chi connectivity index (χ3v) is 5.61. The lowest BCUT2D eigenvalue weighted by atomic mass is 9.90. The smallest absolute Gasteiger partial charge is 0.387 e. The predicted octanol–water partition coefficient (Wildman–Crippen LogP) is 4.63. The van der Waals surface area contributed by atoms with Crippen LogP contribution in [-0.2, 0) is 12.8 Å². The molecule has 1 atom stereocenters. The largest absolute Gasteiger partial charge is 0.434 e. The van der Waals surface area contributed by atoms with Crippen molar-refractivity contribution in [1.29, 1.82) is 0 Å². The highest BCUT2D eigenvalue weighted by Gasteiger charge is 2.20. The Balaban J connectivity index is 1.72. The number of hydrazone groups is 1. The molecule has 0 saturated heterocycles. The Morgan fingerprint density at radius 2 is 2.15 bits per heavy atom. The van der Waals surface area contributed by atoms with E-state index in [1.165, 1.54) is 27.8 Å². The van der Waals surface area contributed by atoms with Gasteiger partial charge >= 0.3 is 6.61 Å². The van der Waals surface area contributed by atoms with Gasteiger partial charge < -0.3 is 4.74 Å². The minimum Gasteiger partial charge on any atom is -0.434 e. The number of ether oxygens (including phenoxy) is 1. The average molecular weight is 378 g/mol. The van der Waals surface area contributed by atoms with Gasteiger partial charge in [0.1, 0.15) is 5.75 Å². The summed E-state index contributed by atoms with van der Waals surface area (Å²) in [5, 5.41) is 4.06. The summed E-state index contributed by atoms with van der Waals surface area (Å²) in [5.41, 5.74) is 4.56. The van der Waals surface area contributed by atoms with Gasteiger partial charge in [-0.25, -0.2) is 5.43 Å². The van der Waals surface area contributed by atoms with Crippen molar-refractivity contribution in [1.82, 2.24) is 5.43 Å². The van der Waals surface area contributed by atoms with Gasteiger partial charge in [-0.05, 0) is 55.9 Å². The first-order valence-electron chi connectivity index (χ1n) is 8.44. The summed E-state index contributed by atoms with van der Waals surface area (Å²) in [6.07, 6.45) is 3.15. The first-order chi connectivity index (χ1) is 12.4. The van der Waals surface area contributed by atoms with Crippen LogP contribution in [0.15, 0.2) is 35.4 Å². The van der Waals surface area contributed by atoms with Crippen molar-refractivity contribution in [3.8, 4) is 5.75 Å². The van der Waals surface area contributed by atoms with Crippen molar-refractivity contribution in [2.75, 3.05) is 0 Å². The molecule has 1 N–H and O–H groups in total. The number of amides is 1. The summed E-state index contributed by atoms with van der Waals surface area (Å²) in [6, 6.07) is 8.29. The van der Waals surface area contributed by atoms with Gasteiger partial charge in [0.15, 0.2) is 0 Å². The molecule has 1 aliphatic rings. The molecule has 0 aliphatic heterocycles. The van der Waals surface area contributed by atoms with E-state index in [4.69, 9.17) is 0 Å². The zero-order valence-electron chi connectivity index (χ0n) is 14.6. The number of fused-ring (bicyclic) bond motifs is 1. The topological polar surface area (TPSA) is 50.7 Å². The predicted molar refractivity (Wildman–Crippen MR) is 98.3 cm³/mol. The van der Waals surface area contributed by atoms with Gasteiger partial charge in [0, 0.05) is 10.4 Å². The maximum atomic E-state index is 12.5. The minimum atomic E-state index is -2.92. The number of benzene rings is 1. The van der Waals surface area contributed by atoms with Crippen molar-refractivity contribution >= 4 is 23.0 Å². The molecule has 2 aromatic rings.